The fourth-order valence-corrected chi connectivity index (χ4v) is 2.93. The van der Waals surface area contributed by atoms with Gasteiger partial charge in [-0.2, -0.15) is 0 Å². The summed E-state index contributed by atoms with van der Waals surface area (Å²) in [6.45, 7) is 5.24. The molecule has 0 saturated heterocycles. The second-order valence-electron chi connectivity index (χ2n) is 6.04. The van der Waals surface area contributed by atoms with Crippen molar-refractivity contribution in [3.05, 3.63) is 18.2 Å². The third-order valence-electron chi connectivity index (χ3n) is 4.40. The number of aliphatic hydroxyl groups is 2. The van der Waals surface area contributed by atoms with Gasteiger partial charge in [-0.25, -0.2) is 4.98 Å². The lowest BCUT2D eigenvalue weighted by Crippen LogP contribution is -2.46. The molecule has 1 aliphatic carbocycles. The van der Waals surface area contributed by atoms with E-state index in [2.05, 4.69) is 23.4 Å². The van der Waals surface area contributed by atoms with Crippen LogP contribution >= 0.6 is 0 Å². The van der Waals surface area contributed by atoms with Crippen LogP contribution in [0.5, 0.6) is 0 Å². The molecule has 1 heterocycles. The summed E-state index contributed by atoms with van der Waals surface area (Å²) >= 11 is 0. The van der Waals surface area contributed by atoms with E-state index in [-0.39, 0.29) is 0 Å². The van der Waals surface area contributed by atoms with Crippen LogP contribution in [-0.4, -0.2) is 31.5 Å². The Hall–Kier alpha value is -0.870. The molecule has 4 heteroatoms. The molecule has 0 aliphatic heterocycles. The molecule has 108 valence electrons. The predicted octanol–water partition coefficient (Wildman–Crippen LogP) is 2.14. The van der Waals surface area contributed by atoms with Crippen molar-refractivity contribution in [1.29, 1.82) is 0 Å². The minimum atomic E-state index is -0.921. The zero-order valence-electron chi connectivity index (χ0n) is 12.0. The Morgan fingerprint density at radius 2 is 2.16 bits per heavy atom. The first-order valence-electron chi connectivity index (χ1n) is 7.45. The number of aromatic nitrogens is 2. The van der Waals surface area contributed by atoms with Crippen molar-refractivity contribution in [3.63, 3.8) is 0 Å². The van der Waals surface area contributed by atoms with Crippen LogP contribution in [0.3, 0.4) is 0 Å². The van der Waals surface area contributed by atoms with E-state index in [0.29, 0.717) is 25.2 Å². The second kappa shape index (κ2) is 6.06. The lowest BCUT2D eigenvalue weighted by Gasteiger charge is -2.38. The van der Waals surface area contributed by atoms with E-state index in [4.69, 9.17) is 0 Å². The van der Waals surface area contributed by atoms with E-state index in [9.17, 15) is 10.2 Å². The third kappa shape index (κ3) is 3.37. The zero-order valence-corrected chi connectivity index (χ0v) is 12.0. The Labute approximate surface area is 115 Å². The van der Waals surface area contributed by atoms with Gasteiger partial charge < -0.3 is 14.8 Å². The third-order valence-corrected chi connectivity index (χ3v) is 4.40. The summed E-state index contributed by atoms with van der Waals surface area (Å²) in [6.07, 6.45) is 7.88. The summed E-state index contributed by atoms with van der Waals surface area (Å²) < 4.78 is 2.07. The molecule has 0 radical (unpaired) electrons. The molecule has 0 spiro atoms. The fraction of sp³-hybridized carbons (Fsp3) is 0.800. The SMILES string of the molecule is CCCn1ccnc1CC(O)C1(O)CCC(C)CC1. The van der Waals surface area contributed by atoms with E-state index in [1.54, 1.807) is 6.20 Å². The molecule has 1 unspecified atom stereocenters. The number of imidazole rings is 1. The molecule has 1 atom stereocenters. The van der Waals surface area contributed by atoms with Gasteiger partial charge in [0.15, 0.2) is 0 Å². The van der Waals surface area contributed by atoms with Crippen molar-refractivity contribution in [2.75, 3.05) is 0 Å². The van der Waals surface area contributed by atoms with Crippen LogP contribution in [0, 0.1) is 5.92 Å². The minimum absolute atomic E-state index is 0.442. The molecule has 0 amide bonds. The molecule has 1 aromatic rings. The van der Waals surface area contributed by atoms with Crippen LogP contribution in [0.4, 0.5) is 0 Å². The van der Waals surface area contributed by atoms with Gasteiger partial charge in [0.25, 0.3) is 0 Å². The molecule has 2 N–H and O–H groups in total. The summed E-state index contributed by atoms with van der Waals surface area (Å²) in [4.78, 5) is 4.31. The number of hydrogen-bond donors (Lipinski definition) is 2. The normalized spacial score (nSPS) is 29.4. The smallest absolute Gasteiger partial charge is 0.111 e. The van der Waals surface area contributed by atoms with E-state index >= 15 is 0 Å². The van der Waals surface area contributed by atoms with Gasteiger partial charge in [0.1, 0.15) is 5.82 Å². The maximum atomic E-state index is 10.6. The van der Waals surface area contributed by atoms with Crippen molar-refractivity contribution >= 4 is 0 Å². The van der Waals surface area contributed by atoms with Gasteiger partial charge in [-0.3, -0.25) is 0 Å². The summed E-state index contributed by atoms with van der Waals surface area (Å²) in [5.74, 6) is 1.54. The largest absolute Gasteiger partial charge is 0.390 e. The minimum Gasteiger partial charge on any atom is -0.390 e. The lowest BCUT2D eigenvalue weighted by atomic mass is 9.76. The van der Waals surface area contributed by atoms with Gasteiger partial charge in [-0.05, 0) is 38.0 Å². The Balaban J connectivity index is 1.99. The second-order valence-corrected chi connectivity index (χ2v) is 6.04. The highest BCUT2D eigenvalue weighted by atomic mass is 16.3. The average Bonchev–Trinajstić information content (AvgIpc) is 2.81. The molecule has 19 heavy (non-hydrogen) atoms. The van der Waals surface area contributed by atoms with Crippen molar-refractivity contribution in [2.24, 2.45) is 5.92 Å². The van der Waals surface area contributed by atoms with Crippen molar-refractivity contribution < 1.29 is 10.2 Å². The Morgan fingerprint density at radius 1 is 1.47 bits per heavy atom. The Kier molecular flexibility index (Phi) is 4.63. The van der Waals surface area contributed by atoms with E-state index in [1.807, 2.05) is 6.20 Å². The van der Waals surface area contributed by atoms with Crippen LogP contribution in [0.15, 0.2) is 12.4 Å². The van der Waals surface area contributed by atoms with Gasteiger partial charge in [-0.15, -0.1) is 0 Å². The summed E-state index contributed by atoms with van der Waals surface area (Å²) in [7, 11) is 0. The molecule has 0 bridgehead atoms. The Morgan fingerprint density at radius 3 is 2.79 bits per heavy atom. The average molecular weight is 266 g/mol. The highest BCUT2D eigenvalue weighted by Crippen LogP contribution is 2.35. The zero-order chi connectivity index (χ0) is 13.9. The lowest BCUT2D eigenvalue weighted by molar-refractivity contribution is -0.103. The molecule has 0 aromatic carbocycles. The van der Waals surface area contributed by atoms with Gasteiger partial charge in [0.2, 0.25) is 0 Å². The predicted molar refractivity (Wildman–Crippen MR) is 74.8 cm³/mol. The highest BCUT2D eigenvalue weighted by Gasteiger charge is 2.38. The van der Waals surface area contributed by atoms with Gasteiger partial charge in [0, 0.05) is 25.4 Å². The molecule has 1 fully saturated rings. The molecule has 1 aliphatic rings. The van der Waals surface area contributed by atoms with E-state index < -0.39 is 11.7 Å². The highest BCUT2D eigenvalue weighted by molar-refractivity contribution is 5.00. The summed E-state index contributed by atoms with van der Waals surface area (Å²) in [5, 5.41) is 21.0. The van der Waals surface area contributed by atoms with E-state index in [1.165, 1.54) is 0 Å². The molecular formula is C15H26N2O2. The maximum Gasteiger partial charge on any atom is 0.111 e. The van der Waals surface area contributed by atoms with Crippen LogP contribution in [0.25, 0.3) is 0 Å². The van der Waals surface area contributed by atoms with Gasteiger partial charge in [0.05, 0.1) is 11.7 Å². The first-order chi connectivity index (χ1) is 9.05. The Bertz CT molecular complexity index is 395. The first kappa shape index (κ1) is 14.5. The van der Waals surface area contributed by atoms with Crippen molar-refractivity contribution in [1.82, 2.24) is 9.55 Å². The van der Waals surface area contributed by atoms with Crippen LogP contribution in [-0.2, 0) is 13.0 Å². The standard InChI is InChI=1S/C15H26N2O2/c1-3-9-17-10-8-16-14(17)11-13(18)15(19)6-4-12(2)5-7-15/h8,10,12-13,18-19H,3-7,9,11H2,1-2H3. The van der Waals surface area contributed by atoms with Crippen LogP contribution < -0.4 is 0 Å². The molecule has 1 saturated carbocycles. The van der Waals surface area contributed by atoms with Gasteiger partial charge >= 0.3 is 0 Å². The number of hydrogen-bond acceptors (Lipinski definition) is 3. The van der Waals surface area contributed by atoms with Crippen LogP contribution in [0.1, 0.15) is 51.8 Å². The molecule has 4 nitrogen and oxygen atoms in total. The number of nitrogens with zero attached hydrogens (tertiary/aromatic N) is 2. The molecular weight excluding hydrogens is 240 g/mol. The quantitative estimate of drug-likeness (QED) is 0.858. The van der Waals surface area contributed by atoms with E-state index in [0.717, 1.165) is 31.6 Å². The maximum absolute atomic E-state index is 10.6. The molecule has 2 rings (SSSR count). The summed E-state index contributed by atoms with van der Waals surface area (Å²) in [6, 6.07) is 0. The monoisotopic (exact) mass is 266 g/mol. The van der Waals surface area contributed by atoms with Crippen molar-refractivity contribution in [2.45, 2.75) is 70.6 Å². The van der Waals surface area contributed by atoms with Crippen LogP contribution in [0.2, 0.25) is 0 Å². The van der Waals surface area contributed by atoms with Gasteiger partial charge in [-0.1, -0.05) is 13.8 Å². The van der Waals surface area contributed by atoms with Crippen molar-refractivity contribution in [3.8, 4) is 0 Å². The number of rotatable bonds is 5. The fourth-order valence-electron chi connectivity index (χ4n) is 2.93. The molecule has 1 aromatic heterocycles. The number of aryl methyl sites for hydroxylation is 1. The number of aliphatic hydroxyl groups excluding tert-OH is 1. The first-order valence-corrected chi connectivity index (χ1v) is 7.45. The summed E-state index contributed by atoms with van der Waals surface area (Å²) in [5.41, 5.74) is -0.921. The topological polar surface area (TPSA) is 58.3 Å².